The molecule has 0 fully saturated rings. The lowest BCUT2D eigenvalue weighted by molar-refractivity contribution is -0.132. The normalized spacial score (nSPS) is 13.6. The van der Waals surface area contributed by atoms with E-state index < -0.39 is 0 Å². The predicted octanol–water partition coefficient (Wildman–Crippen LogP) is 3.11. The Morgan fingerprint density at radius 1 is 1.35 bits per heavy atom. The number of carbonyl (C=O) groups is 1. The number of benzene rings is 1. The molecule has 110 valence electrons. The lowest BCUT2D eigenvalue weighted by Crippen LogP contribution is -2.33. The third kappa shape index (κ3) is 3.52. The first-order valence-corrected chi connectivity index (χ1v) is 6.48. The van der Waals surface area contributed by atoms with Crippen molar-refractivity contribution in [2.45, 2.75) is 32.4 Å². The van der Waals surface area contributed by atoms with Gasteiger partial charge in [0.1, 0.15) is 11.3 Å². The second-order valence-electron chi connectivity index (χ2n) is 5.05. The van der Waals surface area contributed by atoms with Crippen LogP contribution in [0.3, 0.4) is 0 Å². The molecule has 0 saturated carbocycles. The molecule has 0 radical (unpaired) electrons. The number of rotatable bonds is 4. The van der Waals surface area contributed by atoms with Crippen molar-refractivity contribution >= 4 is 29.3 Å². The van der Waals surface area contributed by atoms with Crippen molar-refractivity contribution in [2.75, 3.05) is 7.05 Å². The van der Waals surface area contributed by atoms with Gasteiger partial charge in [-0.25, -0.2) is 0 Å². The number of halogens is 1. The summed E-state index contributed by atoms with van der Waals surface area (Å²) in [6.07, 6.45) is 0.348. The van der Waals surface area contributed by atoms with E-state index in [1.807, 2.05) is 44.2 Å². The summed E-state index contributed by atoms with van der Waals surface area (Å²) in [6.45, 7) is 3.79. The van der Waals surface area contributed by atoms with Gasteiger partial charge < -0.3 is 15.1 Å². The van der Waals surface area contributed by atoms with Gasteiger partial charge in [-0.05, 0) is 26.0 Å². The van der Waals surface area contributed by atoms with Gasteiger partial charge in [-0.15, -0.1) is 12.4 Å². The molecule has 4 nitrogen and oxygen atoms in total. The van der Waals surface area contributed by atoms with E-state index in [0.29, 0.717) is 6.42 Å². The lowest BCUT2D eigenvalue weighted by atomic mass is 10.1. The van der Waals surface area contributed by atoms with Crippen LogP contribution >= 0.6 is 12.4 Å². The molecule has 1 aromatic heterocycles. The van der Waals surface area contributed by atoms with Crippen molar-refractivity contribution in [3.05, 3.63) is 36.1 Å². The highest BCUT2D eigenvalue weighted by molar-refractivity contribution is 5.85. The first kappa shape index (κ1) is 16.5. The number of nitrogens with two attached hydrogens (primary N) is 1. The van der Waals surface area contributed by atoms with E-state index in [1.54, 1.807) is 11.9 Å². The Hall–Kier alpha value is -1.52. The van der Waals surface area contributed by atoms with E-state index >= 15 is 0 Å². The molecule has 1 aromatic carbocycles. The molecule has 0 saturated heterocycles. The summed E-state index contributed by atoms with van der Waals surface area (Å²) >= 11 is 0. The molecular formula is C15H21ClN2O2. The van der Waals surface area contributed by atoms with Crippen LogP contribution in [0.2, 0.25) is 0 Å². The molecule has 2 aromatic rings. The summed E-state index contributed by atoms with van der Waals surface area (Å²) in [5.74, 6) is 0.824. The Bertz CT molecular complexity index is 547. The number of fused-ring (bicyclic) bond motifs is 1. The Morgan fingerprint density at radius 3 is 2.60 bits per heavy atom. The van der Waals surface area contributed by atoms with Crippen molar-refractivity contribution in [3.8, 4) is 0 Å². The summed E-state index contributed by atoms with van der Waals surface area (Å²) in [6, 6.07) is 9.59. The van der Waals surface area contributed by atoms with Crippen molar-refractivity contribution in [3.63, 3.8) is 0 Å². The predicted molar refractivity (Wildman–Crippen MR) is 82.9 cm³/mol. The SMILES string of the molecule is CC(N)CC(=O)N(C)C(C)c1cc2ccccc2o1.Cl. The van der Waals surface area contributed by atoms with Crippen LogP contribution in [0.1, 0.15) is 32.1 Å². The van der Waals surface area contributed by atoms with Crippen LogP contribution < -0.4 is 5.73 Å². The van der Waals surface area contributed by atoms with Crippen LogP contribution in [0.25, 0.3) is 11.0 Å². The fraction of sp³-hybridized carbons (Fsp3) is 0.400. The van der Waals surface area contributed by atoms with Crippen LogP contribution in [-0.4, -0.2) is 23.9 Å². The highest BCUT2D eigenvalue weighted by atomic mass is 35.5. The van der Waals surface area contributed by atoms with Gasteiger partial charge in [0.15, 0.2) is 0 Å². The topological polar surface area (TPSA) is 59.5 Å². The molecule has 0 bridgehead atoms. The summed E-state index contributed by atoms with van der Waals surface area (Å²) < 4.78 is 5.78. The number of nitrogens with zero attached hydrogens (tertiary/aromatic N) is 1. The highest BCUT2D eigenvalue weighted by Gasteiger charge is 2.21. The van der Waals surface area contributed by atoms with E-state index in [2.05, 4.69) is 0 Å². The Kier molecular flexibility index (Phi) is 5.60. The molecule has 0 aliphatic rings. The number of amides is 1. The number of carbonyl (C=O) groups excluding carboxylic acids is 1. The first-order chi connectivity index (χ1) is 8.99. The maximum atomic E-state index is 12.0. The molecule has 0 spiro atoms. The first-order valence-electron chi connectivity index (χ1n) is 6.48. The minimum absolute atomic E-state index is 0. The zero-order valence-corrected chi connectivity index (χ0v) is 12.8. The van der Waals surface area contributed by atoms with Gasteiger partial charge >= 0.3 is 0 Å². The van der Waals surface area contributed by atoms with Crippen LogP contribution in [0, 0.1) is 0 Å². The Morgan fingerprint density at radius 2 is 2.00 bits per heavy atom. The van der Waals surface area contributed by atoms with Gasteiger partial charge in [-0.1, -0.05) is 18.2 Å². The van der Waals surface area contributed by atoms with Gasteiger partial charge in [0.25, 0.3) is 0 Å². The van der Waals surface area contributed by atoms with Gasteiger partial charge in [0.05, 0.1) is 6.04 Å². The smallest absolute Gasteiger partial charge is 0.224 e. The molecule has 2 unspecified atom stereocenters. The van der Waals surface area contributed by atoms with Crippen LogP contribution in [0.4, 0.5) is 0 Å². The summed E-state index contributed by atoms with van der Waals surface area (Å²) in [5.41, 5.74) is 6.51. The summed E-state index contributed by atoms with van der Waals surface area (Å²) in [4.78, 5) is 13.7. The lowest BCUT2D eigenvalue weighted by Gasteiger charge is -2.24. The number of furan rings is 1. The maximum Gasteiger partial charge on any atom is 0.224 e. The molecule has 0 aliphatic carbocycles. The van der Waals surface area contributed by atoms with E-state index in [4.69, 9.17) is 10.2 Å². The van der Waals surface area contributed by atoms with E-state index in [1.165, 1.54) is 0 Å². The minimum Gasteiger partial charge on any atom is -0.459 e. The van der Waals surface area contributed by atoms with E-state index in [-0.39, 0.29) is 30.4 Å². The van der Waals surface area contributed by atoms with Crippen LogP contribution in [0.15, 0.2) is 34.7 Å². The monoisotopic (exact) mass is 296 g/mol. The largest absolute Gasteiger partial charge is 0.459 e. The molecule has 20 heavy (non-hydrogen) atoms. The highest BCUT2D eigenvalue weighted by Crippen LogP contribution is 2.26. The second kappa shape index (κ2) is 6.77. The summed E-state index contributed by atoms with van der Waals surface area (Å²) in [5, 5.41) is 1.05. The molecule has 1 heterocycles. The van der Waals surface area contributed by atoms with Gasteiger partial charge in [0.2, 0.25) is 5.91 Å². The fourth-order valence-corrected chi connectivity index (χ4v) is 2.03. The van der Waals surface area contributed by atoms with Crippen molar-refractivity contribution in [1.29, 1.82) is 0 Å². The standard InChI is InChI=1S/C15H20N2O2.ClH/c1-10(16)8-15(18)17(3)11(2)14-9-12-6-4-5-7-13(12)19-14;/h4-7,9-11H,8,16H2,1-3H3;1H. The second-order valence-corrected chi connectivity index (χ2v) is 5.05. The quantitative estimate of drug-likeness (QED) is 0.943. The molecule has 2 rings (SSSR count). The molecule has 0 aliphatic heterocycles. The third-order valence-corrected chi connectivity index (χ3v) is 3.33. The van der Waals surface area contributed by atoms with Crippen LogP contribution in [0.5, 0.6) is 0 Å². The average Bonchev–Trinajstić information content (AvgIpc) is 2.79. The van der Waals surface area contributed by atoms with E-state index in [0.717, 1.165) is 16.7 Å². The average molecular weight is 297 g/mol. The molecular weight excluding hydrogens is 276 g/mol. The summed E-state index contributed by atoms with van der Waals surface area (Å²) in [7, 11) is 1.78. The van der Waals surface area contributed by atoms with Gasteiger partial charge in [-0.3, -0.25) is 4.79 Å². The van der Waals surface area contributed by atoms with Gasteiger partial charge in [-0.2, -0.15) is 0 Å². The van der Waals surface area contributed by atoms with Crippen molar-refractivity contribution in [1.82, 2.24) is 4.90 Å². The van der Waals surface area contributed by atoms with Crippen LogP contribution in [-0.2, 0) is 4.79 Å². The third-order valence-electron chi connectivity index (χ3n) is 3.33. The molecule has 1 amide bonds. The number of para-hydroxylation sites is 1. The minimum atomic E-state index is -0.127. The fourth-order valence-electron chi connectivity index (χ4n) is 2.03. The number of hydrogen-bond donors (Lipinski definition) is 1. The van der Waals surface area contributed by atoms with Gasteiger partial charge in [0, 0.05) is 24.9 Å². The van der Waals surface area contributed by atoms with E-state index in [9.17, 15) is 4.79 Å². The molecule has 5 heteroatoms. The molecule has 2 N–H and O–H groups in total. The number of hydrogen-bond acceptors (Lipinski definition) is 3. The maximum absolute atomic E-state index is 12.0. The zero-order chi connectivity index (χ0) is 14.0. The molecule has 2 atom stereocenters. The van der Waals surface area contributed by atoms with Crippen molar-refractivity contribution in [2.24, 2.45) is 5.73 Å². The zero-order valence-electron chi connectivity index (χ0n) is 12.0. The van der Waals surface area contributed by atoms with Crippen molar-refractivity contribution < 1.29 is 9.21 Å². The Labute approximate surface area is 125 Å². The Balaban J connectivity index is 0.00000200.